The Morgan fingerprint density at radius 3 is 2.88 bits per heavy atom. The molecular weight excluding hydrogens is 304 g/mol. The quantitative estimate of drug-likeness (QED) is 0.800. The molecule has 1 saturated carbocycles. The van der Waals surface area contributed by atoms with Gasteiger partial charge in [0.05, 0.1) is 17.9 Å². The molecule has 1 aliphatic carbocycles. The summed E-state index contributed by atoms with van der Waals surface area (Å²) in [7, 11) is 2.15. The first-order valence-electron chi connectivity index (χ1n) is 8.70. The summed E-state index contributed by atoms with van der Waals surface area (Å²) in [5.74, 6) is 2.15. The zero-order valence-electron chi connectivity index (χ0n) is 14.4. The molecule has 2 aliphatic rings. The van der Waals surface area contributed by atoms with Gasteiger partial charge in [-0.15, -0.1) is 0 Å². The Balaban J connectivity index is 1.29. The number of likely N-dealkylation sites (N-methyl/N-ethyl adjacent to an activating group) is 1. The van der Waals surface area contributed by atoms with Crippen molar-refractivity contribution in [2.24, 2.45) is 0 Å². The van der Waals surface area contributed by atoms with E-state index in [1.165, 1.54) is 12.8 Å². The standard InChI is InChI=1S/C17H24N6O/c1-12-7-19-14(8-18-12)9-23-6-5-15(10-23)22(2)11-16-20-17(24-21-16)13-3-4-13/h7-8,13,15H,3-6,9-11H2,1-2H3. The zero-order valence-corrected chi connectivity index (χ0v) is 14.4. The summed E-state index contributed by atoms with van der Waals surface area (Å²) in [5.41, 5.74) is 2.00. The van der Waals surface area contributed by atoms with E-state index in [0.717, 1.165) is 55.7 Å². The van der Waals surface area contributed by atoms with Crippen LogP contribution in [0.2, 0.25) is 0 Å². The lowest BCUT2D eigenvalue weighted by atomic mass is 10.2. The van der Waals surface area contributed by atoms with Crippen LogP contribution in [-0.4, -0.2) is 56.1 Å². The number of nitrogens with zero attached hydrogens (tertiary/aromatic N) is 6. The van der Waals surface area contributed by atoms with E-state index in [1.54, 1.807) is 0 Å². The van der Waals surface area contributed by atoms with Gasteiger partial charge in [0.1, 0.15) is 0 Å². The Labute approximate surface area is 142 Å². The van der Waals surface area contributed by atoms with Crippen molar-refractivity contribution >= 4 is 0 Å². The van der Waals surface area contributed by atoms with Crippen LogP contribution in [0.4, 0.5) is 0 Å². The Hall–Kier alpha value is -1.86. The first kappa shape index (κ1) is 15.7. The summed E-state index contributed by atoms with van der Waals surface area (Å²) in [4.78, 5) is 18.1. The second-order valence-corrected chi connectivity index (χ2v) is 7.06. The third kappa shape index (κ3) is 3.62. The minimum Gasteiger partial charge on any atom is -0.339 e. The summed E-state index contributed by atoms with van der Waals surface area (Å²) in [6.07, 6.45) is 7.25. The van der Waals surface area contributed by atoms with Crippen molar-refractivity contribution in [3.05, 3.63) is 35.5 Å². The molecule has 4 rings (SSSR count). The third-order valence-corrected chi connectivity index (χ3v) is 4.89. The van der Waals surface area contributed by atoms with Crippen LogP contribution in [-0.2, 0) is 13.1 Å². The van der Waals surface area contributed by atoms with Crippen molar-refractivity contribution in [3.63, 3.8) is 0 Å². The van der Waals surface area contributed by atoms with Crippen LogP contribution in [0.15, 0.2) is 16.9 Å². The van der Waals surface area contributed by atoms with Crippen molar-refractivity contribution < 1.29 is 4.52 Å². The van der Waals surface area contributed by atoms with Crippen LogP contribution in [0.3, 0.4) is 0 Å². The van der Waals surface area contributed by atoms with Crippen molar-refractivity contribution in [2.45, 2.75) is 51.2 Å². The van der Waals surface area contributed by atoms with E-state index in [1.807, 2.05) is 19.3 Å². The number of rotatable bonds is 6. The molecule has 1 atom stereocenters. The fourth-order valence-electron chi connectivity index (χ4n) is 3.23. The van der Waals surface area contributed by atoms with Crippen LogP contribution in [0, 0.1) is 6.92 Å². The minimum atomic E-state index is 0.520. The first-order chi connectivity index (χ1) is 11.7. The van der Waals surface area contributed by atoms with E-state index in [-0.39, 0.29) is 0 Å². The van der Waals surface area contributed by atoms with Crippen molar-refractivity contribution in [3.8, 4) is 0 Å². The Morgan fingerprint density at radius 1 is 1.25 bits per heavy atom. The van der Waals surface area contributed by atoms with Crippen molar-refractivity contribution in [1.82, 2.24) is 29.9 Å². The fraction of sp³-hybridized carbons (Fsp3) is 0.647. The average Bonchev–Trinajstić information content (AvgIpc) is 3.14. The Kier molecular flexibility index (Phi) is 4.28. The predicted molar refractivity (Wildman–Crippen MR) is 88.2 cm³/mol. The maximum Gasteiger partial charge on any atom is 0.229 e. The number of likely N-dealkylation sites (tertiary alicyclic amines) is 1. The molecule has 2 aromatic heterocycles. The highest BCUT2D eigenvalue weighted by molar-refractivity contribution is 5.03. The van der Waals surface area contributed by atoms with E-state index < -0.39 is 0 Å². The molecular formula is C17H24N6O. The number of hydrogen-bond acceptors (Lipinski definition) is 7. The molecule has 0 radical (unpaired) electrons. The molecule has 1 unspecified atom stereocenters. The fourth-order valence-corrected chi connectivity index (χ4v) is 3.23. The number of hydrogen-bond donors (Lipinski definition) is 0. The number of aryl methyl sites for hydroxylation is 1. The van der Waals surface area contributed by atoms with Gasteiger partial charge < -0.3 is 4.52 Å². The monoisotopic (exact) mass is 328 g/mol. The van der Waals surface area contributed by atoms with Gasteiger partial charge in [0.15, 0.2) is 5.82 Å². The minimum absolute atomic E-state index is 0.520. The van der Waals surface area contributed by atoms with Gasteiger partial charge in [0.2, 0.25) is 5.89 Å². The van der Waals surface area contributed by atoms with E-state index >= 15 is 0 Å². The molecule has 0 N–H and O–H groups in total. The molecule has 1 aliphatic heterocycles. The molecule has 7 nitrogen and oxygen atoms in total. The smallest absolute Gasteiger partial charge is 0.229 e. The van der Waals surface area contributed by atoms with Gasteiger partial charge in [-0.25, -0.2) is 0 Å². The van der Waals surface area contributed by atoms with Crippen LogP contribution in [0.5, 0.6) is 0 Å². The normalized spacial score (nSPS) is 21.7. The molecule has 0 aromatic carbocycles. The van der Waals surface area contributed by atoms with Gasteiger partial charge in [0.25, 0.3) is 0 Å². The summed E-state index contributed by atoms with van der Waals surface area (Å²) in [6, 6.07) is 0.520. The van der Waals surface area contributed by atoms with Gasteiger partial charge in [-0.3, -0.25) is 19.8 Å². The predicted octanol–water partition coefficient (Wildman–Crippen LogP) is 1.75. The second kappa shape index (κ2) is 6.57. The summed E-state index contributed by atoms with van der Waals surface area (Å²) in [5, 5.41) is 4.12. The van der Waals surface area contributed by atoms with Gasteiger partial charge in [-0.1, -0.05) is 5.16 Å². The van der Waals surface area contributed by atoms with E-state index in [0.29, 0.717) is 12.0 Å². The summed E-state index contributed by atoms with van der Waals surface area (Å²) < 4.78 is 5.35. The largest absolute Gasteiger partial charge is 0.339 e. The van der Waals surface area contributed by atoms with Crippen molar-refractivity contribution in [2.75, 3.05) is 20.1 Å². The molecule has 3 heterocycles. The lowest BCUT2D eigenvalue weighted by Crippen LogP contribution is -2.34. The van der Waals surface area contributed by atoms with E-state index in [4.69, 9.17) is 4.52 Å². The van der Waals surface area contributed by atoms with Gasteiger partial charge in [-0.05, 0) is 33.2 Å². The van der Waals surface area contributed by atoms with Gasteiger partial charge in [0, 0.05) is 44.0 Å². The lowest BCUT2D eigenvalue weighted by molar-refractivity contribution is 0.215. The molecule has 2 aromatic rings. The summed E-state index contributed by atoms with van der Waals surface area (Å²) in [6.45, 7) is 5.71. The molecule has 2 fully saturated rings. The van der Waals surface area contributed by atoms with Gasteiger partial charge in [-0.2, -0.15) is 4.98 Å². The average molecular weight is 328 g/mol. The second-order valence-electron chi connectivity index (χ2n) is 7.06. The highest BCUT2D eigenvalue weighted by atomic mass is 16.5. The topological polar surface area (TPSA) is 71.2 Å². The molecule has 24 heavy (non-hydrogen) atoms. The Bertz CT molecular complexity index is 681. The van der Waals surface area contributed by atoms with Crippen LogP contribution < -0.4 is 0 Å². The highest BCUT2D eigenvalue weighted by Crippen LogP contribution is 2.38. The highest BCUT2D eigenvalue weighted by Gasteiger charge is 2.31. The first-order valence-corrected chi connectivity index (χ1v) is 8.70. The SMILES string of the molecule is Cc1cnc(CN2CCC(N(C)Cc3noc(C4CC4)n3)C2)cn1. The van der Waals surface area contributed by atoms with Crippen LogP contribution in [0.25, 0.3) is 0 Å². The maximum atomic E-state index is 5.35. The molecule has 7 heteroatoms. The molecule has 128 valence electrons. The molecule has 0 spiro atoms. The zero-order chi connectivity index (χ0) is 16.5. The van der Waals surface area contributed by atoms with Crippen molar-refractivity contribution in [1.29, 1.82) is 0 Å². The summed E-state index contributed by atoms with van der Waals surface area (Å²) >= 11 is 0. The van der Waals surface area contributed by atoms with E-state index in [9.17, 15) is 0 Å². The molecule has 0 amide bonds. The number of aromatic nitrogens is 4. The third-order valence-electron chi connectivity index (χ3n) is 4.89. The van der Waals surface area contributed by atoms with Crippen LogP contribution >= 0.6 is 0 Å². The molecule has 1 saturated heterocycles. The van der Waals surface area contributed by atoms with E-state index in [2.05, 4.69) is 37.0 Å². The van der Waals surface area contributed by atoms with Gasteiger partial charge >= 0.3 is 0 Å². The lowest BCUT2D eigenvalue weighted by Gasteiger charge is -2.23. The molecule has 0 bridgehead atoms. The maximum absolute atomic E-state index is 5.35. The van der Waals surface area contributed by atoms with Crippen LogP contribution in [0.1, 0.15) is 48.3 Å². The Morgan fingerprint density at radius 2 is 2.12 bits per heavy atom.